The lowest BCUT2D eigenvalue weighted by Crippen LogP contribution is -2.30. The monoisotopic (exact) mass is 299 g/mol. The second-order valence-electron chi connectivity index (χ2n) is 5.72. The van der Waals surface area contributed by atoms with Gasteiger partial charge in [-0.2, -0.15) is 0 Å². The van der Waals surface area contributed by atoms with Gasteiger partial charge in [0.25, 0.3) is 0 Å². The third-order valence-electron chi connectivity index (χ3n) is 4.27. The molecule has 0 aliphatic carbocycles. The van der Waals surface area contributed by atoms with Crippen molar-refractivity contribution in [2.45, 2.75) is 6.92 Å². The average Bonchev–Trinajstić information content (AvgIpc) is 2.93. The Hall–Kier alpha value is -3.12. The van der Waals surface area contributed by atoms with Crippen LogP contribution in [0.1, 0.15) is 5.56 Å². The number of fused-ring (bicyclic) bond motifs is 3. The zero-order valence-electron chi connectivity index (χ0n) is 13.0. The summed E-state index contributed by atoms with van der Waals surface area (Å²) in [6.45, 7) is 9.37. The molecule has 2 heterocycles. The van der Waals surface area contributed by atoms with E-state index >= 15 is 0 Å². The summed E-state index contributed by atoms with van der Waals surface area (Å²) in [5, 5.41) is 2.07. The van der Waals surface area contributed by atoms with Crippen molar-refractivity contribution < 1.29 is 8.98 Å². The molecule has 0 unspecified atom stereocenters. The highest BCUT2D eigenvalue weighted by Gasteiger charge is 2.19. The molecule has 3 nitrogen and oxygen atoms in total. The van der Waals surface area contributed by atoms with E-state index in [0.717, 1.165) is 33.2 Å². The largest absolute Gasteiger partial charge is 0.456 e. The molecule has 0 saturated carbocycles. The van der Waals surface area contributed by atoms with Gasteiger partial charge in [0.05, 0.1) is 12.1 Å². The predicted octanol–water partition coefficient (Wildman–Crippen LogP) is 4.94. The molecule has 2 aromatic carbocycles. The van der Waals surface area contributed by atoms with Crippen LogP contribution < -0.4 is 4.57 Å². The molecule has 0 aliphatic heterocycles. The summed E-state index contributed by atoms with van der Waals surface area (Å²) >= 11 is 0. The molecule has 3 heteroatoms. The van der Waals surface area contributed by atoms with Gasteiger partial charge in [-0.3, -0.25) is 0 Å². The molecule has 0 radical (unpaired) electrons. The van der Waals surface area contributed by atoms with Crippen LogP contribution in [0.3, 0.4) is 0 Å². The summed E-state index contributed by atoms with van der Waals surface area (Å²) in [6.07, 6.45) is 2.04. The van der Waals surface area contributed by atoms with Gasteiger partial charge in [-0.25, -0.2) is 9.41 Å². The van der Waals surface area contributed by atoms with Gasteiger partial charge in [0.2, 0.25) is 5.69 Å². The number of furan rings is 1. The van der Waals surface area contributed by atoms with Crippen molar-refractivity contribution >= 4 is 27.6 Å². The fraction of sp³-hybridized carbons (Fsp3) is 0.100. The quantitative estimate of drug-likeness (QED) is 0.360. The molecule has 0 saturated heterocycles. The van der Waals surface area contributed by atoms with Crippen molar-refractivity contribution in [3.63, 3.8) is 0 Å². The summed E-state index contributed by atoms with van der Waals surface area (Å²) in [5.41, 5.74) is 5.78. The van der Waals surface area contributed by atoms with E-state index in [9.17, 15) is 0 Å². The van der Waals surface area contributed by atoms with Crippen molar-refractivity contribution in [1.82, 2.24) is 0 Å². The van der Waals surface area contributed by atoms with Gasteiger partial charge < -0.3 is 4.42 Å². The van der Waals surface area contributed by atoms with Crippen molar-refractivity contribution in [2.24, 2.45) is 7.05 Å². The fourth-order valence-electron chi connectivity index (χ4n) is 3.14. The Kier molecular flexibility index (Phi) is 2.92. The number of aromatic nitrogens is 1. The second-order valence-corrected chi connectivity index (χ2v) is 5.72. The summed E-state index contributed by atoms with van der Waals surface area (Å²) in [5.74, 6) is 0. The number of hydrogen-bond acceptors (Lipinski definition) is 1. The van der Waals surface area contributed by atoms with E-state index in [0.29, 0.717) is 5.69 Å². The summed E-state index contributed by atoms with van der Waals surface area (Å²) < 4.78 is 8.11. The van der Waals surface area contributed by atoms with E-state index in [1.54, 1.807) is 6.07 Å². The Balaban J connectivity index is 2.21. The highest BCUT2D eigenvalue weighted by atomic mass is 16.3. The maximum atomic E-state index is 7.26. The zero-order valence-corrected chi connectivity index (χ0v) is 13.0. The number of nitrogens with zero attached hydrogens (tertiary/aromatic N) is 2. The molecule has 0 atom stereocenters. The molecule has 23 heavy (non-hydrogen) atoms. The minimum absolute atomic E-state index is 0.630. The number of benzene rings is 2. The van der Waals surface area contributed by atoms with E-state index in [4.69, 9.17) is 11.0 Å². The fourth-order valence-corrected chi connectivity index (χ4v) is 3.14. The van der Waals surface area contributed by atoms with Gasteiger partial charge in [-0.1, -0.05) is 12.1 Å². The molecule has 4 aromatic rings. The minimum Gasteiger partial charge on any atom is -0.456 e. The topological polar surface area (TPSA) is 21.4 Å². The van der Waals surface area contributed by atoms with Crippen LogP contribution in [0.2, 0.25) is 0 Å². The van der Waals surface area contributed by atoms with E-state index in [1.807, 2.05) is 43.6 Å². The molecule has 0 fully saturated rings. The molecule has 0 N–H and O–H groups in total. The van der Waals surface area contributed by atoms with Crippen LogP contribution in [0.4, 0.5) is 5.69 Å². The predicted molar refractivity (Wildman–Crippen MR) is 91.3 cm³/mol. The average molecular weight is 299 g/mol. The Bertz CT molecular complexity index is 1100. The summed E-state index contributed by atoms with van der Waals surface area (Å²) in [4.78, 5) is 3.55. The number of pyridine rings is 1. The van der Waals surface area contributed by atoms with E-state index in [-0.39, 0.29) is 0 Å². The Morgan fingerprint density at radius 3 is 2.65 bits per heavy atom. The normalized spacial score (nSPS) is 11.0. The Labute approximate surface area is 134 Å². The molecule has 0 aliphatic rings. The van der Waals surface area contributed by atoms with Crippen LogP contribution in [-0.4, -0.2) is 0 Å². The van der Waals surface area contributed by atoms with Crippen LogP contribution in [0.5, 0.6) is 0 Å². The molecule has 110 valence electrons. The van der Waals surface area contributed by atoms with Gasteiger partial charge in [0, 0.05) is 22.9 Å². The second kappa shape index (κ2) is 4.96. The van der Waals surface area contributed by atoms with Crippen molar-refractivity contribution in [2.75, 3.05) is 0 Å². The molecular weight excluding hydrogens is 284 g/mol. The van der Waals surface area contributed by atoms with Crippen LogP contribution in [0.25, 0.3) is 38.0 Å². The SMILES string of the molecule is [C-]#[N+]c1ccc2oc3ccc(C)c(-c4cccc[n+]4C)c3c2c1. The number of hydrogen-bond donors (Lipinski definition) is 0. The Morgan fingerprint density at radius 1 is 1.04 bits per heavy atom. The van der Waals surface area contributed by atoms with Crippen LogP contribution >= 0.6 is 0 Å². The van der Waals surface area contributed by atoms with Gasteiger partial charge in [0.15, 0.2) is 11.9 Å². The molecule has 0 spiro atoms. The number of aryl methyl sites for hydroxylation is 2. The van der Waals surface area contributed by atoms with Crippen LogP contribution in [0, 0.1) is 13.5 Å². The van der Waals surface area contributed by atoms with Crippen LogP contribution in [-0.2, 0) is 7.05 Å². The lowest BCUT2D eigenvalue weighted by Gasteiger charge is -2.06. The number of rotatable bonds is 1. The lowest BCUT2D eigenvalue weighted by atomic mass is 9.98. The smallest absolute Gasteiger partial charge is 0.213 e. The summed E-state index contributed by atoms with van der Waals surface area (Å²) in [7, 11) is 2.04. The molecule has 2 aromatic heterocycles. The Morgan fingerprint density at radius 2 is 1.87 bits per heavy atom. The van der Waals surface area contributed by atoms with Crippen molar-refractivity contribution in [3.05, 3.63) is 71.7 Å². The third kappa shape index (κ3) is 2.00. The standard InChI is InChI=1S/C20H15N2O/c1-13-7-9-18-20(19(13)16-6-4-5-11-22(16)3)15-12-14(21-2)8-10-17(15)23-18/h4-12H,1,3H3/q+1. The molecule has 0 bridgehead atoms. The zero-order chi connectivity index (χ0) is 16.0. The van der Waals surface area contributed by atoms with Gasteiger partial charge >= 0.3 is 0 Å². The van der Waals surface area contributed by atoms with Gasteiger partial charge in [0.1, 0.15) is 18.2 Å². The first-order chi connectivity index (χ1) is 11.2. The first-order valence-corrected chi connectivity index (χ1v) is 7.47. The maximum absolute atomic E-state index is 7.26. The first-order valence-electron chi connectivity index (χ1n) is 7.47. The van der Waals surface area contributed by atoms with Gasteiger partial charge in [-0.05, 0) is 36.8 Å². The van der Waals surface area contributed by atoms with E-state index in [2.05, 4.69) is 28.5 Å². The third-order valence-corrected chi connectivity index (χ3v) is 4.27. The van der Waals surface area contributed by atoms with Crippen molar-refractivity contribution in [1.29, 1.82) is 0 Å². The van der Waals surface area contributed by atoms with Crippen molar-refractivity contribution in [3.8, 4) is 11.3 Å². The lowest BCUT2D eigenvalue weighted by molar-refractivity contribution is -0.660. The highest BCUT2D eigenvalue weighted by Crippen LogP contribution is 2.38. The molecule has 0 amide bonds. The molecular formula is C20H15N2O+. The van der Waals surface area contributed by atoms with Gasteiger partial charge in [-0.15, -0.1) is 0 Å². The van der Waals surface area contributed by atoms with Crippen LogP contribution in [0.15, 0.2) is 59.1 Å². The van der Waals surface area contributed by atoms with E-state index in [1.165, 1.54) is 5.56 Å². The minimum atomic E-state index is 0.630. The highest BCUT2D eigenvalue weighted by molar-refractivity contribution is 6.13. The summed E-state index contributed by atoms with van der Waals surface area (Å²) in [6, 6.07) is 15.9. The van der Waals surface area contributed by atoms with E-state index < -0.39 is 0 Å². The molecule has 4 rings (SSSR count). The maximum Gasteiger partial charge on any atom is 0.213 e. The first kappa shape index (κ1) is 13.5.